The van der Waals surface area contributed by atoms with Crippen molar-refractivity contribution in [2.45, 2.75) is 57.2 Å². The minimum Gasteiger partial charge on any atom is -0.491 e. The molecule has 1 aliphatic carbocycles. The second kappa shape index (κ2) is 5.12. The average molecular weight is 264 g/mol. The predicted octanol–water partition coefficient (Wildman–Crippen LogP) is 4.00. The summed E-state index contributed by atoms with van der Waals surface area (Å²) in [5, 5.41) is 0. The van der Waals surface area contributed by atoms with Crippen molar-refractivity contribution in [3.63, 3.8) is 0 Å². The first-order valence-corrected chi connectivity index (χ1v) is 7.24. The summed E-state index contributed by atoms with van der Waals surface area (Å²) in [6.45, 7) is 2.29. The third-order valence-corrected chi connectivity index (χ3v) is 4.43. The van der Waals surface area contributed by atoms with Crippen molar-refractivity contribution in [2.75, 3.05) is 6.61 Å². The van der Waals surface area contributed by atoms with E-state index in [0.717, 1.165) is 12.8 Å². The van der Waals surface area contributed by atoms with Gasteiger partial charge in [0.25, 0.3) is 0 Å². The molecule has 2 aliphatic rings. The molecule has 1 atom stereocenters. The molecule has 0 bridgehead atoms. The molecular weight excluding hydrogens is 243 g/mol. The highest BCUT2D eigenvalue weighted by atomic mass is 19.1. The summed E-state index contributed by atoms with van der Waals surface area (Å²) >= 11 is 0. The second-order valence-corrected chi connectivity index (χ2v) is 5.89. The van der Waals surface area contributed by atoms with Crippen molar-refractivity contribution in [1.29, 1.82) is 0 Å². The lowest BCUT2D eigenvalue weighted by molar-refractivity contribution is -0.0509. The zero-order valence-electron chi connectivity index (χ0n) is 11.5. The Bertz CT molecular complexity index is 452. The van der Waals surface area contributed by atoms with Gasteiger partial charge in [0.15, 0.2) is 0 Å². The van der Waals surface area contributed by atoms with E-state index in [2.05, 4.69) is 0 Å². The molecule has 1 aromatic rings. The molecular formula is C16H21FO2. The molecule has 2 fully saturated rings. The van der Waals surface area contributed by atoms with Gasteiger partial charge in [0.1, 0.15) is 18.2 Å². The normalized spacial score (nSPS) is 25.1. The van der Waals surface area contributed by atoms with Crippen molar-refractivity contribution < 1.29 is 13.9 Å². The molecule has 19 heavy (non-hydrogen) atoms. The molecule has 3 rings (SSSR count). The number of ether oxygens (including phenoxy) is 2. The van der Waals surface area contributed by atoms with E-state index >= 15 is 0 Å². The van der Waals surface area contributed by atoms with Crippen LogP contribution in [0, 0.1) is 12.7 Å². The lowest BCUT2D eigenvalue weighted by Gasteiger charge is -2.23. The molecule has 3 heteroatoms. The third kappa shape index (κ3) is 2.76. The fourth-order valence-corrected chi connectivity index (χ4v) is 3.25. The highest BCUT2D eigenvalue weighted by molar-refractivity contribution is 5.28. The highest BCUT2D eigenvalue weighted by Crippen LogP contribution is 2.43. The Kier molecular flexibility index (Phi) is 3.48. The summed E-state index contributed by atoms with van der Waals surface area (Å²) in [6.07, 6.45) is 7.36. The van der Waals surface area contributed by atoms with E-state index in [1.54, 1.807) is 13.0 Å². The molecule has 1 aliphatic heterocycles. The zero-order chi connectivity index (χ0) is 13.3. The molecule has 104 valence electrons. The number of hydrogen-bond acceptors (Lipinski definition) is 2. The summed E-state index contributed by atoms with van der Waals surface area (Å²) in [4.78, 5) is 0. The number of hydrogen-bond donors (Lipinski definition) is 0. The monoisotopic (exact) mass is 264 g/mol. The van der Waals surface area contributed by atoms with Gasteiger partial charge in [-0.2, -0.15) is 0 Å². The zero-order valence-corrected chi connectivity index (χ0v) is 11.5. The summed E-state index contributed by atoms with van der Waals surface area (Å²) in [5.41, 5.74) is 0.793. The average Bonchev–Trinajstić information content (AvgIpc) is 3.02. The maximum atomic E-state index is 13.4. The smallest absolute Gasteiger partial charge is 0.129 e. The summed E-state index contributed by atoms with van der Waals surface area (Å²) in [7, 11) is 0. The van der Waals surface area contributed by atoms with Crippen LogP contribution < -0.4 is 4.74 Å². The van der Waals surface area contributed by atoms with Gasteiger partial charge >= 0.3 is 0 Å². The molecule has 1 aromatic carbocycles. The van der Waals surface area contributed by atoms with Gasteiger partial charge in [0.05, 0.1) is 11.7 Å². The van der Waals surface area contributed by atoms with Crippen LogP contribution in [0.4, 0.5) is 4.39 Å². The molecule has 2 nitrogen and oxygen atoms in total. The Morgan fingerprint density at radius 3 is 2.84 bits per heavy atom. The molecule has 0 radical (unpaired) electrons. The van der Waals surface area contributed by atoms with Crippen LogP contribution in [0.3, 0.4) is 0 Å². The number of aryl methyl sites for hydroxylation is 1. The molecule has 0 amide bonds. The van der Waals surface area contributed by atoms with Crippen LogP contribution in [0.15, 0.2) is 18.2 Å². The van der Waals surface area contributed by atoms with Crippen LogP contribution in [0.5, 0.6) is 5.75 Å². The van der Waals surface area contributed by atoms with Crippen molar-refractivity contribution in [3.05, 3.63) is 29.6 Å². The van der Waals surface area contributed by atoms with Gasteiger partial charge in [0.2, 0.25) is 0 Å². The molecule has 1 saturated carbocycles. The van der Waals surface area contributed by atoms with Gasteiger partial charge in [0, 0.05) is 6.07 Å². The first-order chi connectivity index (χ1) is 9.17. The Balaban J connectivity index is 1.54. The maximum absolute atomic E-state index is 13.4. The Hall–Kier alpha value is -1.09. The summed E-state index contributed by atoms with van der Waals surface area (Å²) in [5.74, 6) is 0.385. The SMILES string of the molecule is Cc1ccc(OCC2CCC3(CCCC3)O2)cc1F. The quantitative estimate of drug-likeness (QED) is 0.821. The van der Waals surface area contributed by atoms with Crippen molar-refractivity contribution in [1.82, 2.24) is 0 Å². The van der Waals surface area contributed by atoms with E-state index in [9.17, 15) is 4.39 Å². The van der Waals surface area contributed by atoms with E-state index in [1.807, 2.05) is 6.07 Å². The Morgan fingerprint density at radius 1 is 1.32 bits per heavy atom. The van der Waals surface area contributed by atoms with Crippen LogP contribution in [0.2, 0.25) is 0 Å². The van der Waals surface area contributed by atoms with Gasteiger partial charge in [-0.25, -0.2) is 4.39 Å². The largest absolute Gasteiger partial charge is 0.491 e. The molecule has 0 aromatic heterocycles. The number of halogens is 1. The predicted molar refractivity (Wildman–Crippen MR) is 71.9 cm³/mol. The minimum absolute atomic E-state index is 0.145. The van der Waals surface area contributed by atoms with E-state index < -0.39 is 0 Å². The fraction of sp³-hybridized carbons (Fsp3) is 0.625. The minimum atomic E-state index is -0.211. The lowest BCUT2D eigenvalue weighted by Crippen LogP contribution is -2.27. The van der Waals surface area contributed by atoms with Gasteiger partial charge < -0.3 is 9.47 Å². The van der Waals surface area contributed by atoms with E-state index in [4.69, 9.17) is 9.47 Å². The third-order valence-electron chi connectivity index (χ3n) is 4.43. The topological polar surface area (TPSA) is 18.5 Å². The summed E-state index contributed by atoms with van der Waals surface area (Å²) < 4.78 is 25.2. The van der Waals surface area contributed by atoms with Crippen LogP contribution >= 0.6 is 0 Å². The molecule has 1 heterocycles. The van der Waals surface area contributed by atoms with Crippen molar-refractivity contribution >= 4 is 0 Å². The van der Waals surface area contributed by atoms with Gasteiger partial charge in [-0.15, -0.1) is 0 Å². The molecule has 1 saturated heterocycles. The van der Waals surface area contributed by atoms with Crippen LogP contribution in [0.25, 0.3) is 0 Å². The number of rotatable bonds is 3. The maximum Gasteiger partial charge on any atom is 0.129 e. The van der Waals surface area contributed by atoms with Gasteiger partial charge in [-0.05, 0) is 44.2 Å². The highest BCUT2D eigenvalue weighted by Gasteiger charge is 2.42. The van der Waals surface area contributed by atoms with Crippen molar-refractivity contribution in [3.8, 4) is 5.75 Å². The van der Waals surface area contributed by atoms with Crippen LogP contribution in [-0.4, -0.2) is 18.3 Å². The second-order valence-electron chi connectivity index (χ2n) is 5.89. The first kappa shape index (κ1) is 12.9. The van der Waals surface area contributed by atoms with Crippen LogP contribution in [-0.2, 0) is 4.74 Å². The molecule has 1 spiro atoms. The van der Waals surface area contributed by atoms with Gasteiger partial charge in [-0.3, -0.25) is 0 Å². The van der Waals surface area contributed by atoms with Crippen molar-refractivity contribution in [2.24, 2.45) is 0 Å². The van der Waals surface area contributed by atoms with Crippen LogP contribution in [0.1, 0.15) is 44.1 Å². The standard InChI is InChI=1S/C16H21FO2/c1-12-4-5-13(10-15(12)17)18-11-14-6-9-16(19-14)7-2-3-8-16/h4-5,10,14H,2-3,6-9,11H2,1H3. The Labute approximate surface area is 113 Å². The van der Waals surface area contributed by atoms with E-state index in [1.165, 1.54) is 31.7 Å². The molecule has 1 unspecified atom stereocenters. The Morgan fingerprint density at radius 2 is 2.11 bits per heavy atom. The van der Waals surface area contributed by atoms with Gasteiger partial charge in [-0.1, -0.05) is 18.9 Å². The molecule has 0 N–H and O–H groups in total. The lowest BCUT2D eigenvalue weighted by atomic mass is 9.98. The first-order valence-electron chi connectivity index (χ1n) is 7.24. The fourth-order valence-electron chi connectivity index (χ4n) is 3.25. The summed E-state index contributed by atoms with van der Waals surface area (Å²) in [6, 6.07) is 5.02. The van der Waals surface area contributed by atoms with E-state index in [-0.39, 0.29) is 17.5 Å². The van der Waals surface area contributed by atoms with E-state index in [0.29, 0.717) is 17.9 Å². The number of benzene rings is 1.